The molecule has 0 saturated heterocycles. The van der Waals surface area contributed by atoms with Crippen LogP contribution in [0.4, 0.5) is 0 Å². The van der Waals surface area contributed by atoms with Gasteiger partial charge in [-0.2, -0.15) is 0 Å². The number of carbonyl (C=O) groups is 1. The molecule has 0 aromatic heterocycles. The van der Waals surface area contributed by atoms with E-state index in [4.69, 9.17) is 16.2 Å². The van der Waals surface area contributed by atoms with Crippen molar-refractivity contribution in [2.75, 3.05) is 13.7 Å². The number of amidine groups is 1. The predicted molar refractivity (Wildman–Crippen MR) is 85.2 cm³/mol. The highest BCUT2D eigenvalue weighted by Crippen LogP contribution is 1.94. The van der Waals surface area contributed by atoms with Crippen LogP contribution in [-0.2, 0) is 9.53 Å². The molecule has 0 spiro atoms. The van der Waals surface area contributed by atoms with Crippen LogP contribution in [0.2, 0.25) is 0 Å². The first kappa shape index (κ1) is 23.8. The molecule has 4 N–H and O–H groups in total. The van der Waals surface area contributed by atoms with Gasteiger partial charge in [0.2, 0.25) is 0 Å². The highest BCUT2D eigenvalue weighted by atomic mass is 35.5. The molecular formula is C13H28ClN3O3. The molecule has 0 aliphatic heterocycles. The van der Waals surface area contributed by atoms with Gasteiger partial charge >= 0.3 is 5.97 Å². The van der Waals surface area contributed by atoms with Crippen molar-refractivity contribution in [1.82, 2.24) is 0 Å². The summed E-state index contributed by atoms with van der Waals surface area (Å²) in [5.41, 5.74) is 5.39. The maximum absolute atomic E-state index is 10.0. The summed E-state index contributed by atoms with van der Waals surface area (Å²) >= 11 is 0. The Morgan fingerprint density at radius 3 is 2.15 bits per heavy atom. The fourth-order valence-electron chi connectivity index (χ4n) is 1.05. The molecule has 6 nitrogen and oxygen atoms in total. The Balaban J connectivity index is -0.000000288. The van der Waals surface area contributed by atoms with Gasteiger partial charge in [-0.05, 0) is 12.8 Å². The molecular weight excluding hydrogens is 282 g/mol. The van der Waals surface area contributed by atoms with Crippen molar-refractivity contribution in [2.24, 2.45) is 10.7 Å². The first-order valence-corrected chi connectivity index (χ1v) is 6.59. The third-order valence-corrected chi connectivity index (χ3v) is 2.21. The Kier molecular flexibility index (Phi) is 21.0. The minimum Gasteiger partial charge on any atom is -0.484 e. The van der Waals surface area contributed by atoms with Crippen molar-refractivity contribution in [3.63, 3.8) is 0 Å². The first-order chi connectivity index (χ1) is 8.97. The van der Waals surface area contributed by atoms with Crippen molar-refractivity contribution in [3.8, 4) is 0 Å². The van der Waals surface area contributed by atoms with Crippen LogP contribution in [0.1, 0.15) is 52.4 Å². The number of ether oxygens (including phenoxy) is 1. The van der Waals surface area contributed by atoms with Crippen molar-refractivity contribution in [1.29, 1.82) is 5.41 Å². The van der Waals surface area contributed by atoms with Gasteiger partial charge < -0.3 is 15.6 Å². The van der Waals surface area contributed by atoms with Crippen molar-refractivity contribution < 1.29 is 14.6 Å². The molecule has 0 unspecified atom stereocenters. The van der Waals surface area contributed by atoms with Crippen molar-refractivity contribution in [2.45, 2.75) is 52.4 Å². The number of nitrogens with zero attached hydrogens (tertiary/aromatic N) is 1. The fourth-order valence-corrected chi connectivity index (χ4v) is 1.05. The van der Waals surface area contributed by atoms with Crippen LogP contribution in [0.25, 0.3) is 0 Å². The first-order valence-electron chi connectivity index (χ1n) is 6.59. The molecule has 0 saturated carbocycles. The van der Waals surface area contributed by atoms with Gasteiger partial charge in [-0.1, -0.05) is 26.7 Å². The molecule has 0 rings (SSSR count). The van der Waals surface area contributed by atoms with Gasteiger partial charge in [0.25, 0.3) is 0 Å². The quantitative estimate of drug-likeness (QED) is 0.473. The number of nitrogens with two attached hydrogens (primary N) is 1. The molecule has 0 aromatic carbocycles. The van der Waals surface area contributed by atoms with Crippen LogP contribution in [0.15, 0.2) is 4.99 Å². The second-order valence-corrected chi connectivity index (χ2v) is 4.04. The van der Waals surface area contributed by atoms with E-state index in [-0.39, 0.29) is 19.0 Å². The second kappa shape index (κ2) is 17.7. The van der Waals surface area contributed by atoms with E-state index in [1.54, 1.807) is 0 Å². The summed E-state index contributed by atoms with van der Waals surface area (Å²) in [5, 5.41) is 15.2. The maximum atomic E-state index is 10.0. The van der Waals surface area contributed by atoms with Crippen LogP contribution in [0.3, 0.4) is 0 Å². The van der Waals surface area contributed by atoms with E-state index in [0.29, 0.717) is 18.2 Å². The Labute approximate surface area is 127 Å². The lowest BCUT2D eigenvalue weighted by atomic mass is 10.2. The number of carboxylic acids is 1. The molecule has 0 heterocycles. The van der Waals surface area contributed by atoms with Crippen molar-refractivity contribution >= 4 is 30.1 Å². The Morgan fingerprint density at radius 1 is 1.25 bits per heavy atom. The highest BCUT2D eigenvalue weighted by molar-refractivity contribution is 5.85. The minimum atomic E-state index is -0.940. The van der Waals surface area contributed by atoms with E-state index in [1.807, 2.05) is 6.92 Å². The number of halogens is 1. The zero-order chi connectivity index (χ0) is 15.1. The number of nitrogens with one attached hydrogen (secondary N) is 1. The van der Waals surface area contributed by atoms with Crippen LogP contribution < -0.4 is 5.73 Å². The van der Waals surface area contributed by atoms with Crippen LogP contribution in [0.5, 0.6) is 0 Å². The Bertz CT molecular complexity index is 284. The summed E-state index contributed by atoms with van der Waals surface area (Å²) in [6, 6.07) is 0. The number of hydrogen-bond acceptors (Lipinski definition) is 4. The van der Waals surface area contributed by atoms with Crippen LogP contribution in [0, 0.1) is 5.41 Å². The normalized spacial score (nSPS) is 9.85. The Morgan fingerprint density at radius 2 is 1.75 bits per heavy atom. The molecule has 0 aliphatic rings. The van der Waals surface area contributed by atoms with Crippen molar-refractivity contribution in [3.05, 3.63) is 0 Å². The third-order valence-electron chi connectivity index (χ3n) is 2.21. The molecule has 20 heavy (non-hydrogen) atoms. The zero-order valence-electron chi connectivity index (χ0n) is 12.6. The number of carboxylic acid groups (broad SMARTS) is 1. The lowest BCUT2D eigenvalue weighted by Crippen LogP contribution is -2.14. The topological polar surface area (TPSA) is 109 Å². The van der Waals surface area contributed by atoms with E-state index in [2.05, 4.69) is 16.7 Å². The van der Waals surface area contributed by atoms with Gasteiger partial charge in [0.15, 0.2) is 5.90 Å². The molecule has 0 amide bonds. The molecule has 7 heteroatoms. The molecule has 0 aliphatic carbocycles. The van der Waals surface area contributed by atoms with Gasteiger partial charge in [0.1, 0.15) is 6.54 Å². The molecule has 0 radical (unpaired) electrons. The number of rotatable bonds is 8. The minimum absolute atomic E-state index is 0. The van der Waals surface area contributed by atoms with E-state index in [9.17, 15) is 4.79 Å². The summed E-state index contributed by atoms with van der Waals surface area (Å²) in [7, 11) is 1.54. The standard InChI is InChI=1S/C7H14N2O2.C6H13NO.ClH/c1-2-3-4-6(8)9-5-7(10)11;1-3-4-5-6(7)8-2;/h2-5H2,1H3,(H2,8,9)(H,10,11);7H,3-5H2,1-2H3;1H. The lowest BCUT2D eigenvalue weighted by molar-refractivity contribution is -0.135. The summed E-state index contributed by atoms with van der Waals surface area (Å²) in [6.07, 6.45) is 5.69. The van der Waals surface area contributed by atoms with Gasteiger partial charge in [-0.15, -0.1) is 12.4 Å². The molecule has 0 bridgehead atoms. The Hall–Kier alpha value is -1.30. The third kappa shape index (κ3) is 21.9. The molecule has 0 fully saturated rings. The predicted octanol–water partition coefficient (Wildman–Crippen LogP) is 2.84. The van der Waals surface area contributed by atoms with Gasteiger partial charge in [-0.3, -0.25) is 15.2 Å². The number of hydrogen-bond donors (Lipinski definition) is 3. The average molecular weight is 310 g/mol. The smallest absolute Gasteiger partial charge is 0.325 e. The number of unbranched alkanes of at least 4 members (excludes halogenated alkanes) is 2. The average Bonchev–Trinajstić information content (AvgIpc) is 2.40. The SMILES string of the molecule is CCCCC(=N)OC.CCCCC(N)=NCC(=O)O.Cl. The largest absolute Gasteiger partial charge is 0.484 e. The van der Waals surface area contributed by atoms with Gasteiger partial charge in [0.05, 0.1) is 12.9 Å². The van der Waals surface area contributed by atoms with Gasteiger partial charge in [0, 0.05) is 12.8 Å². The van der Waals surface area contributed by atoms with E-state index >= 15 is 0 Å². The summed E-state index contributed by atoms with van der Waals surface area (Å²) in [5.74, 6) is -0.106. The summed E-state index contributed by atoms with van der Waals surface area (Å²) < 4.78 is 4.64. The second-order valence-electron chi connectivity index (χ2n) is 4.04. The lowest BCUT2D eigenvalue weighted by Gasteiger charge is -1.97. The fraction of sp³-hybridized carbons (Fsp3) is 0.769. The monoisotopic (exact) mass is 309 g/mol. The van der Waals surface area contributed by atoms with Crippen LogP contribution >= 0.6 is 12.4 Å². The molecule has 0 aromatic rings. The van der Waals surface area contributed by atoms with Crippen LogP contribution in [-0.4, -0.2) is 36.5 Å². The van der Waals surface area contributed by atoms with Gasteiger partial charge in [-0.25, -0.2) is 0 Å². The van der Waals surface area contributed by atoms with E-state index < -0.39 is 5.97 Å². The highest BCUT2D eigenvalue weighted by Gasteiger charge is 1.94. The van der Waals surface area contributed by atoms with E-state index in [1.165, 1.54) is 7.11 Å². The maximum Gasteiger partial charge on any atom is 0.325 e. The number of aliphatic imine (C=N–C) groups is 1. The molecule has 0 atom stereocenters. The molecule has 120 valence electrons. The van der Waals surface area contributed by atoms with E-state index in [0.717, 1.165) is 32.1 Å². The number of aliphatic carboxylic acids is 1. The number of methoxy groups -OCH3 is 1. The summed E-state index contributed by atoms with van der Waals surface area (Å²) in [4.78, 5) is 13.7. The summed E-state index contributed by atoms with van der Waals surface area (Å²) in [6.45, 7) is 3.93. The zero-order valence-corrected chi connectivity index (χ0v) is 13.5.